The molecule has 3 aromatic rings. The fourth-order valence-corrected chi connectivity index (χ4v) is 3.10. The summed E-state index contributed by atoms with van der Waals surface area (Å²) in [6, 6.07) is 13.3. The standard InChI is InChI=1S/C16H15N/c1-2-6-12-10-16-14(9-11(12)5-1)13-7-3-4-8-15(13)17-16/h1-2,5-6,9-10,17H,3-4,7-8H2. The zero-order chi connectivity index (χ0) is 11.2. The van der Waals surface area contributed by atoms with Gasteiger partial charge in [-0.25, -0.2) is 0 Å². The monoisotopic (exact) mass is 221 g/mol. The molecular formula is C16H15N. The second-order valence-corrected chi connectivity index (χ2v) is 5.03. The van der Waals surface area contributed by atoms with Crippen molar-refractivity contribution >= 4 is 21.7 Å². The van der Waals surface area contributed by atoms with E-state index in [4.69, 9.17) is 0 Å². The first kappa shape index (κ1) is 9.29. The lowest BCUT2D eigenvalue weighted by Crippen LogP contribution is -1.99. The Bertz CT molecular complexity index is 706. The van der Waals surface area contributed by atoms with Gasteiger partial charge >= 0.3 is 0 Å². The lowest BCUT2D eigenvalue weighted by atomic mass is 9.95. The molecular weight excluding hydrogens is 206 g/mol. The molecule has 1 nitrogen and oxygen atoms in total. The van der Waals surface area contributed by atoms with Crippen LogP contribution in [0.2, 0.25) is 0 Å². The summed E-state index contributed by atoms with van der Waals surface area (Å²) in [4.78, 5) is 3.61. The molecule has 0 atom stereocenters. The number of nitrogens with one attached hydrogen (secondary N) is 1. The number of benzene rings is 2. The van der Waals surface area contributed by atoms with Crippen molar-refractivity contribution in [3.63, 3.8) is 0 Å². The van der Waals surface area contributed by atoms with Crippen molar-refractivity contribution in [2.45, 2.75) is 25.7 Å². The van der Waals surface area contributed by atoms with E-state index in [1.807, 2.05) is 0 Å². The van der Waals surface area contributed by atoms with Crippen LogP contribution in [0.25, 0.3) is 21.7 Å². The lowest BCUT2D eigenvalue weighted by molar-refractivity contribution is 0.680. The smallest absolute Gasteiger partial charge is 0.0465 e. The second kappa shape index (κ2) is 3.36. The number of aromatic amines is 1. The third-order valence-electron chi connectivity index (χ3n) is 3.96. The quantitative estimate of drug-likeness (QED) is 0.585. The van der Waals surface area contributed by atoms with Crippen LogP contribution in [0.3, 0.4) is 0 Å². The summed E-state index contributed by atoms with van der Waals surface area (Å²) in [7, 11) is 0. The molecule has 1 aliphatic carbocycles. The third kappa shape index (κ3) is 1.32. The molecule has 1 aromatic heterocycles. The SMILES string of the molecule is c1ccc2cc3c4c([nH]c3cc2c1)CCCC4. The molecule has 0 radical (unpaired) electrons. The van der Waals surface area contributed by atoms with Crippen LogP contribution in [0, 0.1) is 0 Å². The number of H-pyrrole nitrogens is 1. The molecule has 4 rings (SSSR count). The Balaban J connectivity index is 2.11. The summed E-state index contributed by atoms with van der Waals surface area (Å²) < 4.78 is 0. The number of aryl methyl sites for hydroxylation is 2. The topological polar surface area (TPSA) is 15.8 Å². The number of hydrogen-bond acceptors (Lipinski definition) is 0. The van der Waals surface area contributed by atoms with Gasteiger partial charge in [-0.05, 0) is 54.2 Å². The molecule has 0 amide bonds. The van der Waals surface area contributed by atoms with E-state index >= 15 is 0 Å². The summed E-state index contributed by atoms with van der Waals surface area (Å²) >= 11 is 0. The van der Waals surface area contributed by atoms with E-state index in [0.29, 0.717) is 0 Å². The van der Waals surface area contributed by atoms with Crippen molar-refractivity contribution in [3.05, 3.63) is 47.7 Å². The molecule has 17 heavy (non-hydrogen) atoms. The van der Waals surface area contributed by atoms with Crippen LogP contribution >= 0.6 is 0 Å². The highest BCUT2D eigenvalue weighted by atomic mass is 14.7. The average molecular weight is 221 g/mol. The molecule has 84 valence electrons. The summed E-state index contributed by atoms with van der Waals surface area (Å²) in [6.07, 6.45) is 5.14. The minimum absolute atomic E-state index is 1.22. The third-order valence-corrected chi connectivity index (χ3v) is 3.96. The van der Waals surface area contributed by atoms with Gasteiger partial charge in [-0.3, -0.25) is 0 Å². The number of rotatable bonds is 0. The molecule has 0 bridgehead atoms. The van der Waals surface area contributed by atoms with Crippen LogP contribution in [0.5, 0.6) is 0 Å². The predicted octanol–water partition coefficient (Wildman–Crippen LogP) is 4.20. The van der Waals surface area contributed by atoms with E-state index in [2.05, 4.69) is 41.4 Å². The maximum atomic E-state index is 3.61. The summed E-state index contributed by atoms with van der Waals surface area (Å²) in [5, 5.41) is 4.13. The molecule has 1 heterocycles. The molecule has 0 fully saturated rings. The van der Waals surface area contributed by atoms with Crippen LogP contribution in [0.1, 0.15) is 24.1 Å². The Labute approximate surface area is 100 Å². The van der Waals surface area contributed by atoms with Crippen molar-refractivity contribution in [2.24, 2.45) is 0 Å². The largest absolute Gasteiger partial charge is 0.358 e. The van der Waals surface area contributed by atoms with Gasteiger partial charge in [-0.1, -0.05) is 24.3 Å². The van der Waals surface area contributed by atoms with Gasteiger partial charge < -0.3 is 4.98 Å². The minimum Gasteiger partial charge on any atom is -0.358 e. The van der Waals surface area contributed by atoms with E-state index < -0.39 is 0 Å². The number of hydrogen-bond donors (Lipinski definition) is 1. The number of aromatic nitrogens is 1. The van der Waals surface area contributed by atoms with Crippen LogP contribution in [-0.2, 0) is 12.8 Å². The Morgan fingerprint density at radius 1 is 0.882 bits per heavy atom. The Kier molecular flexibility index (Phi) is 1.84. The average Bonchev–Trinajstić information content (AvgIpc) is 2.73. The Morgan fingerprint density at radius 2 is 1.65 bits per heavy atom. The first-order valence-corrected chi connectivity index (χ1v) is 6.44. The van der Waals surface area contributed by atoms with E-state index in [1.54, 1.807) is 5.56 Å². The van der Waals surface area contributed by atoms with E-state index in [0.717, 1.165) is 0 Å². The molecule has 0 saturated heterocycles. The lowest BCUT2D eigenvalue weighted by Gasteiger charge is -2.10. The van der Waals surface area contributed by atoms with Gasteiger partial charge in [0, 0.05) is 16.6 Å². The summed E-state index contributed by atoms with van der Waals surface area (Å²) in [5.41, 5.74) is 4.36. The Morgan fingerprint density at radius 3 is 2.53 bits per heavy atom. The maximum Gasteiger partial charge on any atom is 0.0465 e. The molecule has 0 saturated carbocycles. The second-order valence-electron chi connectivity index (χ2n) is 5.03. The minimum atomic E-state index is 1.22. The highest BCUT2D eigenvalue weighted by molar-refractivity contribution is 5.98. The zero-order valence-electron chi connectivity index (χ0n) is 9.79. The molecule has 1 heteroatoms. The molecule has 0 aliphatic heterocycles. The highest BCUT2D eigenvalue weighted by Gasteiger charge is 2.15. The van der Waals surface area contributed by atoms with E-state index in [9.17, 15) is 0 Å². The van der Waals surface area contributed by atoms with E-state index in [1.165, 1.54) is 53.1 Å². The van der Waals surface area contributed by atoms with Gasteiger partial charge in [0.05, 0.1) is 0 Å². The van der Waals surface area contributed by atoms with Crippen molar-refractivity contribution < 1.29 is 0 Å². The molecule has 0 spiro atoms. The highest BCUT2D eigenvalue weighted by Crippen LogP contribution is 2.31. The molecule has 1 aliphatic rings. The predicted molar refractivity (Wildman–Crippen MR) is 72.4 cm³/mol. The first-order chi connectivity index (χ1) is 8.42. The normalized spacial score (nSPS) is 15.3. The van der Waals surface area contributed by atoms with Crippen molar-refractivity contribution in [2.75, 3.05) is 0 Å². The van der Waals surface area contributed by atoms with Gasteiger partial charge in [-0.2, -0.15) is 0 Å². The zero-order valence-corrected chi connectivity index (χ0v) is 9.79. The van der Waals surface area contributed by atoms with Crippen molar-refractivity contribution in [3.8, 4) is 0 Å². The molecule has 2 aromatic carbocycles. The fraction of sp³-hybridized carbons (Fsp3) is 0.250. The van der Waals surface area contributed by atoms with Crippen molar-refractivity contribution in [1.82, 2.24) is 4.98 Å². The number of fused-ring (bicyclic) bond motifs is 4. The van der Waals surface area contributed by atoms with Crippen LogP contribution < -0.4 is 0 Å². The summed E-state index contributed by atoms with van der Waals surface area (Å²) in [6.45, 7) is 0. The first-order valence-electron chi connectivity index (χ1n) is 6.44. The van der Waals surface area contributed by atoms with Gasteiger partial charge in [0.2, 0.25) is 0 Å². The van der Waals surface area contributed by atoms with Gasteiger partial charge in [0.25, 0.3) is 0 Å². The fourth-order valence-electron chi connectivity index (χ4n) is 3.10. The Hall–Kier alpha value is -1.76. The maximum absolute atomic E-state index is 3.61. The van der Waals surface area contributed by atoms with Crippen LogP contribution in [-0.4, -0.2) is 4.98 Å². The van der Waals surface area contributed by atoms with Gasteiger partial charge in [0.15, 0.2) is 0 Å². The summed E-state index contributed by atoms with van der Waals surface area (Å²) in [5.74, 6) is 0. The van der Waals surface area contributed by atoms with Crippen LogP contribution in [0.15, 0.2) is 36.4 Å². The van der Waals surface area contributed by atoms with E-state index in [-0.39, 0.29) is 0 Å². The van der Waals surface area contributed by atoms with Crippen molar-refractivity contribution in [1.29, 1.82) is 0 Å². The van der Waals surface area contributed by atoms with Gasteiger partial charge in [-0.15, -0.1) is 0 Å². The molecule has 0 unspecified atom stereocenters. The molecule has 1 N–H and O–H groups in total. The van der Waals surface area contributed by atoms with Gasteiger partial charge in [0.1, 0.15) is 0 Å². The van der Waals surface area contributed by atoms with Crippen LogP contribution in [0.4, 0.5) is 0 Å².